The Labute approximate surface area is 181 Å². The lowest BCUT2D eigenvalue weighted by molar-refractivity contribution is -0.119. The Bertz CT molecular complexity index is 1060. The summed E-state index contributed by atoms with van der Waals surface area (Å²) in [6.45, 7) is 5.31. The van der Waals surface area contributed by atoms with Gasteiger partial charge in [0.2, 0.25) is 17.1 Å². The summed E-state index contributed by atoms with van der Waals surface area (Å²) in [4.78, 5) is 24.6. The Morgan fingerprint density at radius 3 is 2.48 bits per heavy atom. The minimum absolute atomic E-state index is 0.161. The Morgan fingerprint density at radius 2 is 1.87 bits per heavy atom. The monoisotopic (exact) mass is 425 g/mol. The van der Waals surface area contributed by atoms with Gasteiger partial charge in [-0.25, -0.2) is 0 Å². The van der Waals surface area contributed by atoms with Crippen LogP contribution in [0.25, 0.3) is 11.1 Å². The first kappa shape index (κ1) is 22.2. The van der Waals surface area contributed by atoms with Crippen LogP contribution in [0, 0.1) is 0 Å². The Balaban J connectivity index is 2.38. The molecule has 0 unspecified atom stereocenters. The number of hydrogen-bond donors (Lipinski definition) is 1. The molecule has 0 aliphatic heterocycles. The number of carbonyl (C=O) groups excluding carboxylic acids is 1. The molecule has 31 heavy (non-hydrogen) atoms. The van der Waals surface area contributed by atoms with E-state index in [1.54, 1.807) is 39.5 Å². The third kappa shape index (κ3) is 4.35. The van der Waals surface area contributed by atoms with E-state index in [0.29, 0.717) is 30.1 Å². The molecular weight excluding hydrogens is 398 g/mol. The fourth-order valence-corrected chi connectivity index (χ4v) is 3.95. The van der Waals surface area contributed by atoms with Crippen LogP contribution in [0.1, 0.15) is 30.5 Å². The minimum Gasteiger partial charge on any atom is -0.493 e. The average molecular weight is 425 g/mol. The number of ether oxygens (including phenoxy) is 4. The number of benzene rings is 1. The number of amides is 1. The zero-order valence-electron chi connectivity index (χ0n) is 18.2. The number of carbonyl (C=O) groups is 1. The normalized spacial score (nSPS) is 14.4. The molecule has 0 aromatic heterocycles. The largest absolute Gasteiger partial charge is 0.493 e. The number of aryl methyl sites for hydroxylation is 1. The molecule has 0 bridgehead atoms. The molecule has 1 aliphatic carbocycles. The van der Waals surface area contributed by atoms with Crippen LogP contribution < -0.4 is 29.7 Å². The zero-order chi connectivity index (χ0) is 22.5. The molecule has 0 spiro atoms. The summed E-state index contributed by atoms with van der Waals surface area (Å²) in [7, 11) is 4.68. The van der Waals surface area contributed by atoms with E-state index >= 15 is 0 Å². The van der Waals surface area contributed by atoms with E-state index in [4.69, 9.17) is 18.9 Å². The van der Waals surface area contributed by atoms with Gasteiger partial charge in [0.15, 0.2) is 17.2 Å². The van der Waals surface area contributed by atoms with E-state index in [1.807, 2.05) is 6.07 Å². The summed E-state index contributed by atoms with van der Waals surface area (Å²) in [5.41, 5.74) is 3.02. The highest BCUT2D eigenvalue weighted by Gasteiger charge is 2.29. The SMILES string of the molecule is C=CCOc1cc2c(ccc1=O)-c1c(cc(OC)c(OC)c1OC)CC[C@H]2NC(C)=O. The van der Waals surface area contributed by atoms with E-state index < -0.39 is 0 Å². The molecule has 0 fully saturated rings. The van der Waals surface area contributed by atoms with E-state index in [-0.39, 0.29) is 29.7 Å². The lowest BCUT2D eigenvalue weighted by Crippen LogP contribution is -2.26. The molecule has 7 heteroatoms. The molecule has 0 heterocycles. The topological polar surface area (TPSA) is 83.1 Å². The standard InChI is InChI=1S/C24H27NO6/c1-6-11-31-20-13-17-16(8-10-19(20)27)22-15(7-9-18(17)25-14(2)26)12-21(28-3)23(29-4)24(22)30-5/h6,8,10,12-13,18H,1,7,9,11H2,2-5H3,(H,25,26)/t18-/m1/s1. The van der Waals surface area contributed by atoms with Gasteiger partial charge in [0.25, 0.3) is 0 Å². The van der Waals surface area contributed by atoms with Crippen molar-refractivity contribution in [3.63, 3.8) is 0 Å². The maximum Gasteiger partial charge on any atom is 0.220 e. The fourth-order valence-electron chi connectivity index (χ4n) is 3.95. The van der Waals surface area contributed by atoms with Gasteiger partial charge in [-0.3, -0.25) is 9.59 Å². The first-order valence-electron chi connectivity index (χ1n) is 9.96. The average Bonchev–Trinajstić information content (AvgIpc) is 3.00. The van der Waals surface area contributed by atoms with Gasteiger partial charge in [0.05, 0.1) is 27.4 Å². The second kappa shape index (κ2) is 9.55. The van der Waals surface area contributed by atoms with Gasteiger partial charge in [-0.1, -0.05) is 12.7 Å². The Kier molecular flexibility index (Phi) is 6.84. The molecule has 1 atom stereocenters. The summed E-state index contributed by atoms with van der Waals surface area (Å²) in [5, 5.41) is 3.00. The lowest BCUT2D eigenvalue weighted by Gasteiger charge is -2.20. The molecule has 1 aliphatic rings. The van der Waals surface area contributed by atoms with Crippen molar-refractivity contribution in [2.75, 3.05) is 27.9 Å². The van der Waals surface area contributed by atoms with Gasteiger partial charge in [0.1, 0.15) is 6.61 Å². The van der Waals surface area contributed by atoms with Crippen LogP contribution >= 0.6 is 0 Å². The lowest BCUT2D eigenvalue weighted by atomic mass is 9.95. The second-order valence-electron chi connectivity index (χ2n) is 7.15. The predicted molar refractivity (Wildman–Crippen MR) is 118 cm³/mol. The molecule has 7 nitrogen and oxygen atoms in total. The summed E-state index contributed by atoms with van der Waals surface area (Å²) in [6.07, 6.45) is 2.85. The Morgan fingerprint density at radius 1 is 1.13 bits per heavy atom. The van der Waals surface area contributed by atoms with Crippen LogP contribution in [-0.4, -0.2) is 33.8 Å². The molecule has 0 saturated carbocycles. The highest BCUT2D eigenvalue weighted by atomic mass is 16.5. The third-order valence-corrected chi connectivity index (χ3v) is 5.23. The fraction of sp³-hybridized carbons (Fsp3) is 0.333. The van der Waals surface area contributed by atoms with Gasteiger partial charge < -0.3 is 24.3 Å². The van der Waals surface area contributed by atoms with Crippen molar-refractivity contribution in [2.45, 2.75) is 25.8 Å². The van der Waals surface area contributed by atoms with E-state index in [0.717, 1.165) is 22.3 Å². The highest BCUT2D eigenvalue weighted by molar-refractivity contribution is 5.83. The van der Waals surface area contributed by atoms with Gasteiger partial charge in [-0.15, -0.1) is 0 Å². The number of fused-ring (bicyclic) bond motifs is 3. The predicted octanol–water partition coefficient (Wildman–Crippen LogP) is 3.43. The molecular formula is C24H27NO6. The van der Waals surface area contributed by atoms with Gasteiger partial charge in [0, 0.05) is 12.5 Å². The molecule has 164 valence electrons. The smallest absolute Gasteiger partial charge is 0.220 e. The first-order chi connectivity index (χ1) is 14.9. The van der Waals surface area contributed by atoms with Crippen LogP contribution in [0.15, 0.2) is 41.7 Å². The van der Waals surface area contributed by atoms with Crippen molar-refractivity contribution >= 4 is 5.91 Å². The quantitative estimate of drug-likeness (QED) is 0.685. The van der Waals surface area contributed by atoms with Gasteiger partial charge >= 0.3 is 0 Å². The third-order valence-electron chi connectivity index (χ3n) is 5.23. The van der Waals surface area contributed by atoms with Crippen LogP contribution in [-0.2, 0) is 11.2 Å². The molecule has 0 saturated heterocycles. The van der Waals surface area contributed by atoms with E-state index in [1.165, 1.54) is 13.0 Å². The van der Waals surface area contributed by atoms with Crippen molar-refractivity contribution in [1.82, 2.24) is 5.32 Å². The minimum atomic E-state index is -0.320. The van der Waals surface area contributed by atoms with Gasteiger partial charge in [-0.2, -0.15) is 0 Å². The van der Waals surface area contributed by atoms with E-state index in [9.17, 15) is 9.59 Å². The van der Waals surface area contributed by atoms with Crippen molar-refractivity contribution in [2.24, 2.45) is 0 Å². The molecule has 2 aromatic carbocycles. The van der Waals surface area contributed by atoms with Crippen LogP contribution in [0.2, 0.25) is 0 Å². The van der Waals surface area contributed by atoms with Crippen molar-refractivity contribution in [3.05, 3.63) is 58.3 Å². The number of hydrogen-bond acceptors (Lipinski definition) is 6. The summed E-state index contributed by atoms with van der Waals surface area (Å²) >= 11 is 0. The maximum absolute atomic E-state index is 12.7. The zero-order valence-corrected chi connectivity index (χ0v) is 18.2. The number of nitrogens with one attached hydrogen (secondary N) is 1. The summed E-state index contributed by atoms with van der Waals surface area (Å²) in [6, 6.07) is 6.50. The Hall–Kier alpha value is -3.48. The maximum atomic E-state index is 12.7. The van der Waals surface area contributed by atoms with Crippen molar-refractivity contribution in [3.8, 4) is 34.1 Å². The number of rotatable bonds is 7. The van der Waals surface area contributed by atoms with E-state index in [2.05, 4.69) is 11.9 Å². The molecule has 1 N–H and O–H groups in total. The highest BCUT2D eigenvalue weighted by Crippen LogP contribution is 2.50. The van der Waals surface area contributed by atoms with Crippen LogP contribution in [0.4, 0.5) is 0 Å². The first-order valence-corrected chi connectivity index (χ1v) is 9.96. The molecule has 2 aromatic rings. The molecule has 0 radical (unpaired) electrons. The van der Waals surface area contributed by atoms with Gasteiger partial charge in [-0.05, 0) is 53.8 Å². The van der Waals surface area contributed by atoms with Crippen LogP contribution in [0.3, 0.4) is 0 Å². The molecule has 1 amide bonds. The second-order valence-corrected chi connectivity index (χ2v) is 7.15. The summed E-state index contributed by atoms with van der Waals surface area (Å²) in [5.74, 6) is 1.56. The van der Waals surface area contributed by atoms with Crippen molar-refractivity contribution < 1.29 is 23.7 Å². The number of methoxy groups -OCH3 is 3. The summed E-state index contributed by atoms with van der Waals surface area (Å²) < 4.78 is 22.5. The van der Waals surface area contributed by atoms with Crippen LogP contribution in [0.5, 0.6) is 23.0 Å². The molecule has 3 rings (SSSR count). The van der Waals surface area contributed by atoms with Crippen molar-refractivity contribution in [1.29, 1.82) is 0 Å².